The number of sulfonamides is 1. The summed E-state index contributed by atoms with van der Waals surface area (Å²) in [5.41, 5.74) is 4.31. The zero-order chi connectivity index (χ0) is 23.1. The van der Waals surface area contributed by atoms with E-state index < -0.39 is 14.9 Å². The van der Waals surface area contributed by atoms with E-state index in [2.05, 4.69) is 15.4 Å². The highest BCUT2D eigenvalue weighted by atomic mass is 32.2. The number of nitrogens with zero attached hydrogens (tertiary/aromatic N) is 4. The van der Waals surface area contributed by atoms with Crippen molar-refractivity contribution < 1.29 is 18.1 Å². The SMILES string of the molecule is CCN(CC)S(=O)(=O)c1ccc(N/N=C/c2ccc(N3CCOCC3)cc2)c([N+](=O)[O-])c1. The maximum absolute atomic E-state index is 12.7. The van der Waals surface area contributed by atoms with Crippen molar-refractivity contribution in [1.29, 1.82) is 0 Å². The number of ether oxygens (including phenoxy) is 1. The van der Waals surface area contributed by atoms with Gasteiger partial charge in [-0.2, -0.15) is 9.41 Å². The van der Waals surface area contributed by atoms with Gasteiger partial charge in [0.05, 0.1) is 29.2 Å². The van der Waals surface area contributed by atoms with Crippen molar-refractivity contribution in [1.82, 2.24) is 4.31 Å². The van der Waals surface area contributed by atoms with Crippen LogP contribution in [0.25, 0.3) is 0 Å². The maximum atomic E-state index is 12.7. The van der Waals surface area contributed by atoms with Crippen LogP contribution in [0.4, 0.5) is 17.1 Å². The van der Waals surface area contributed by atoms with Gasteiger partial charge in [-0.3, -0.25) is 15.5 Å². The van der Waals surface area contributed by atoms with Crippen LogP contribution in [0.1, 0.15) is 19.4 Å². The van der Waals surface area contributed by atoms with Crippen LogP contribution in [-0.2, 0) is 14.8 Å². The number of nitrogens with one attached hydrogen (secondary N) is 1. The Morgan fingerprint density at radius 3 is 2.41 bits per heavy atom. The summed E-state index contributed by atoms with van der Waals surface area (Å²) >= 11 is 0. The second-order valence-corrected chi connectivity index (χ2v) is 9.02. The van der Waals surface area contributed by atoms with Gasteiger partial charge in [0.25, 0.3) is 5.69 Å². The van der Waals surface area contributed by atoms with Gasteiger partial charge in [0.2, 0.25) is 10.0 Å². The highest BCUT2D eigenvalue weighted by molar-refractivity contribution is 7.89. The van der Waals surface area contributed by atoms with E-state index in [0.717, 1.165) is 30.4 Å². The minimum absolute atomic E-state index is 0.106. The summed E-state index contributed by atoms with van der Waals surface area (Å²) in [5.74, 6) is 0. The first-order valence-corrected chi connectivity index (χ1v) is 11.8. The topological polar surface area (TPSA) is 117 Å². The van der Waals surface area contributed by atoms with E-state index in [1.165, 1.54) is 16.4 Å². The summed E-state index contributed by atoms with van der Waals surface area (Å²) in [6.07, 6.45) is 1.55. The van der Waals surface area contributed by atoms with Crippen molar-refractivity contribution >= 4 is 33.3 Å². The molecule has 0 radical (unpaired) electrons. The quantitative estimate of drug-likeness (QED) is 0.347. The van der Waals surface area contributed by atoms with Crippen LogP contribution in [0.2, 0.25) is 0 Å². The fraction of sp³-hybridized carbons (Fsp3) is 0.381. The van der Waals surface area contributed by atoms with Gasteiger partial charge < -0.3 is 9.64 Å². The second kappa shape index (κ2) is 10.5. The molecule has 0 bridgehead atoms. The molecule has 0 amide bonds. The van der Waals surface area contributed by atoms with Crippen molar-refractivity contribution in [3.63, 3.8) is 0 Å². The van der Waals surface area contributed by atoms with Gasteiger partial charge in [0.15, 0.2) is 0 Å². The van der Waals surface area contributed by atoms with E-state index in [4.69, 9.17) is 4.74 Å². The number of hydrazone groups is 1. The third-order valence-corrected chi connectivity index (χ3v) is 7.22. The Morgan fingerprint density at radius 2 is 1.81 bits per heavy atom. The fourth-order valence-electron chi connectivity index (χ4n) is 3.40. The van der Waals surface area contributed by atoms with Gasteiger partial charge in [0, 0.05) is 37.9 Å². The normalized spacial score (nSPS) is 14.8. The molecule has 172 valence electrons. The van der Waals surface area contributed by atoms with Crippen LogP contribution < -0.4 is 10.3 Å². The van der Waals surface area contributed by atoms with Crippen molar-refractivity contribution in [2.75, 3.05) is 49.7 Å². The Kier molecular flexibility index (Phi) is 7.78. The Bertz CT molecular complexity index is 1060. The minimum atomic E-state index is -3.80. The van der Waals surface area contributed by atoms with Crippen molar-refractivity contribution in [2.45, 2.75) is 18.7 Å². The molecular weight excluding hydrogens is 434 g/mol. The number of nitro groups is 1. The largest absolute Gasteiger partial charge is 0.378 e. The Labute approximate surface area is 187 Å². The average molecular weight is 462 g/mol. The van der Waals surface area contributed by atoms with E-state index >= 15 is 0 Å². The summed E-state index contributed by atoms with van der Waals surface area (Å²) in [4.78, 5) is 13.0. The lowest BCUT2D eigenvalue weighted by molar-refractivity contribution is -0.384. The first-order chi connectivity index (χ1) is 15.4. The molecule has 0 unspecified atom stereocenters. The first-order valence-electron chi connectivity index (χ1n) is 10.4. The van der Waals surface area contributed by atoms with Gasteiger partial charge in [-0.05, 0) is 29.8 Å². The molecule has 2 aromatic carbocycles. The number of morpholine rings is 1. The molecule has 32 heavy (non-hydrogen) atoms. The van der Waals surface area contributed by atoms with E-state index in [9.17, 15) is 18.5 Å². The van der Waals surface area contributed by atoms with E-state index in [1.807, 2.05) is 24.3 Å². The molecule has 0 aliphatic carbocycles. The molecule has 0 aromatic heterocycles. The van der Waals surface area contributed by atoms with E-state index in [1.54, 1.807) is 20.1 Å². The Morgan fingerprint density at radius 1 is 1.16 bits per heavy atom. The van der Waals surface area contributed by atoms with Gasteiger partial charge in [0.1, 0.15) is 5.69 Å². The van der Waals surface area contributed by atoms with Crippen molar-refractivity contribution in [3.8, 4) is 0 Å². The molecule has 1 heterocycles. The standard InChI is InChI=1S/C21H27N5O5S/c1-3-25(4-2)32(29,30)19-9-10-20(21(15-19)26(27)28)23-22-16-17-5-7-18(8-6-17)24-11-13-31-14-12-24/h5-10,15-16,23H,3-4,11-14H2,1-2H3/b22-16+. The third kappa shape index (κ3) is 5.42. The Hall–Kier alpha value is -3.02. The predicted molar refractivity (Wildman–Crippen MR) is 124 cm³/mol. The summed E-state index contributed by atoms with van der Waals surface area (Å²) in [6, 6.07) is 11.5. The molecule has 3 rings (SSSR count). The minimum Gasteiger partial charge on any atom is -0.378 e. The number of benzene rings is 2. The molecule has 1 aliphatic heterocycles. The smallest absolute Gasteiger partial charge is 0.295 e. The lowest BCUT2D eigenvalue weighted by Crippen LogP contribution is -2.36. The molecule has 1 aliphatic rings. The molecule has 11 heteroatoms. The number of rotatable bonds is 9. The molecule has 1 saturated heterocycles. The number of hydrogen-bond donors (Lipinski definition) is 1. The molecule has 1 fully saturated rings. The highest BCUT2D eigenvalue weighted by Crippen LogP contribution is 2.29. The molecule has 0 saturated carbocycles. The fourth-order valence-corrected chi connectivity index (χ4v) is 4.88. The summed E-state index contributed by atoms with van der Waals surface area (Å²) < 4.78 is 31.9. The predicted octanol–water partition coefficient (Wildman–Crippen LogP) is 2.91. The van der Waals surface area contributed by atoms with Crippen LogP contribution >= 0.6 is 0 Å². The molecule has 1 N–H and O–H groups in total. The number of hydrogen-bond acceptors (Lipinski definition) is 8. The molecular formula is C21H27N5O5S. The van der Waals surface area contributed by atoms with Crippen LogP contribution in [-0.4, -0.2) is 63.3 Å². The van der Waals surface area contributed by atoms with E-state index in [0.29, 0.717) is 13.2 Å². The monoisotopic (exact) mass is 461 g/mol. The van der Waals surface area contributed by atoms with E-state index in [-0.39, 0.29) is 29.4 Å². The van der Waals surface area contributed by atoms with Gasteiger partial charge in [-0.15, -0.1) is 0 Å². The lowest BCUT2D eigenvalue weighted by atomic mass is 10.2. The van der Waals surface area contributed by atoms with Crippen LogP contribution in [0, 0.1) is 10.1 Å². The summed E-state index contributed by atoms with van der Waals surface area (Å²) in [6.45, 7) is 7.10. The third-order valence-electron chi connectivity index (χ3n) is 5.18. The van der Waals surface area contributed by atoms with Gasteiger partial charge in [-0.1, -0.05) is 26.0 Å². The van der Waals surface area contributed by atoms with Crippen molar-refractivity contribution in [3.05, 3.63) is 58.1 Å². The summed E-state index contributed by atoms with van der Waals surface area (Å²) in [7, 11) is -3.80. The molecule has 10 nitrogen and oxygen atoms in total. The second-order valence-electron chi connectivity index (χ2n) is 7.09. The van der Waals surface area contributed by atoms with Crippen LogP contribution in [0.3, 0.4) is 0 Å². The van der Waals surface area contributed by atoms with Gasteiger partial charge in [-0.25, -0.2) is 8.42 Å². The van der Waals surface area contributed by atoms with Crippen LogP contribution in [0.5, 0.6) is 0 Å². The van der Waals surface area contributed by atoms with Gasteiger partial charge >= 0.3 is 0 Å². The number of nitro benzene ring substituents is 1. The average Bonchev–Trinajstić information content (AvgIpc) is 2.80. The Balaban J connectivity index is 1.74. The zero-order valence-electron chi connectivity index (χ0n) is 18.1. The number of anilines is 2. The maximum Gasteiger partial charge on any atom is 0.295 e. The molecule has 0 atom stereocenters. The molecule has 2 aromatic rings. The molecule has 0 spiro atoms. The highest BCUT2D eigenvalue weighted by Gasteiger charge is 2.25. The summed E-state index contributed by atoms with van der Waals surface area (Å²) in [5, 5.41) is 15.6. The first kappa shape index (κ1) is 23.6. The lowest BCUT2D eigenvalue weighted by Gasteiger charge is -2.28. The zero-order valence-corrected chi connectivity index (χ0v) is 18.9. The van der Waals surface area contributed by atoms with Crippen LogP contribution in [0.15, 0.2) is 52.5 Å². The van der Waals surface area contributed by atoms with Crippen molar-refractivity contribution in [2.24, 2.45) is 5.10 Å².